The zero-order valence-corrected chi connectivity index (χ0v) is 14.0. The van der Waals surface area contributed by atoms with E-state index in [0.717, 1.165) is 41.5 Å². The Morgan fingerprint density at radius 3 is 2.72 bits per heavy atom. The highest BCUT2D eigenvalue weighted by Crippen LogP contribution is 2.25. The van der Waals surface area contributed by atoms with E-state index in [4.69, 9.17) is 14.9 Å². The van der Waals surface area contributed by atoms with Crippen LogP contribution in [0.3, 0.4) is 0 Å². The average Bonchev–Trinajstić information content (AvgIpc) is 3.07. The van der Waals surface area contributed by atoms with Gasteiger partial charge in [0, 0.05) is 5.56 Å². The fourth-order valence-corrected chi connectivity index (χ4v) is 3.30. The van der Waals surface area contributed by atoms with E-state index in [1.165, 1.54) is 0 Å². The summed E-state index contributed by atoms with van der Waals surface area (Å²) in [5.41, 5.74) is 9.67. The van der Waals surface area contributed by atoms with Crippen LogP contribution in [-0.2, 0) is 11.3 Å². The lowest BCUT2D eigenvalue weighted by Crippen LogP contribution is -2.48. The molecule has 1 heterocycles. The summed E-state index contributed by atoms with van der Waals surface area (Å²) >= 11 is 0. The third kappa shape index (κ3) is 3.44. The van der Waals surface area contributed by atoms with Gasteiger partial charge in [0.15, 0.2) is 5.58 Å². The number of rotatable bonds is 4. The molecule has 1 aromatic heterocycles. The second-order valence-electron chi connectivity index (χ2n) is 6.61. The van der Waals surface area contributed by atoms with Crippen LogP contribution in [0.15, 0.2) is 52.9 Å². The third-order valence-corrected chi connectivity index (χ3v) is 4.82. The first-order chi connectivity index (χ1) is 12.2. The summed E-state index contributed by atoms with van der Waals surface area (Å²) < 4.78 is 11.7. The van der Waals surface area contributed by atoms with Crippen molar-refractivity contribution in [3.05, 3.63) is 54.1 Å². The number of para-hydroxylation sites is 2. The molecule has 1 aliphatic rings. The molecule has 3 aromatic rings. The van der Waals surface area contributed by atoms with Gasteiger partial charge in [-0.3, -0.25) is 0 Å². The van der Waals surface area contributed by atoms with Gasteiger partial charge in [0.1, 0.15) is 5.52 Å². The minimum atomic E-state index is -0.458. The third-order valence-electron chi connectivity index (χ3n) is 4.82. The SMILES string of the molecule is NC1C(O)CCCC1OCc1ccc(-c2nc3ccccc3o2)cc1. The monoisotopic (exact) mass is 338 g/mol. The second-order valence-corrected chi connectivity index (χ2v) is 6.61. The molecule has 1 saturated carbocycles. The molecule has 0 spiro atoms. The molecule has 1 fully saturated rings. The first kappa shape index (κ1) is 16.3. The molecule has 5 heteroatoms. The Labute approximate surface area is 146 Å². The van der Waals surface area contributed by atoms with E-state index < -0.39 is 6.10 Å². The molecule has 1 aliphatic carbocycles. The molecule has 25 heavy (non-hydrogen) atoms. The van der Waals surface area contributed by atoms with Gasteiger partial charge in [-0.2, -0.15) is 0 Å². The van der Waals surface area contributed by atoms with Crippen LogP contribution in [0.4, 0.5) is 0 Å². The van der Waals surface area contributed by atoms with Gasteiger partial charge in [-0.25, -0.2) is 4.98 Å². The van der Waals surface area contributed by atoms with Crippen molar-refractivity contribution in [2.24, 2.45) is 5.73 Å². The molecule has 3 N–H and O–H groups in total. The van der Waals surface area contributed by atoms with E-state index in [1.54, 1.807) is 0 Å². The topological polar surface area (TPSA) is 81.5 Å². The van der Waals surface area contributed by atoms with Crippen LogP contribution < -0.4 is 5.73 Å². The van der Waals surface area contributed by atoms with Gasteiger partial charge in [-0.05, 0) is 49.1 Å². The maximum Gasteiger partial charge on any atom is 0.227 e. The van der Waals surface area contributed by atoms with Crippen molar-refractivity contribution in [3.8, 4) is 11.5 Å². The van der Waals surface area contributed by atoms with Gasteiger partial charge in [0.05, 0.1) is 24.9 Å². The van der Waals surface area contributed by atoms with Crippen LogP contribution in [0.1, 0.15) is 24.8 Å². The number of hydrogen-bond donors (Lipinski definition) is 2. The maximum atomic E-state index is 9.85. The largest absolute Gasteiger partial charge is 0.436 e. The smallest absolute Gasteiger partial charge is 0.227 e. The van der Waals surface area contributed by atoms with Gasteiger partial charge in [-0.15, -0.1) is 0 Å². The van der Waals surface area contributed by atoms with E-state index in [0.29, 0.717) is 12.5 Å². The Morgan fingerprint density at radius 1 is 1.12 bits per heavy atom. The zero-order chi connectivity index (χ0) is 17.2. The van der Waals surface area contributed by atoms with Gasteiger partial charge in [-0.1, -0.05) is 24.3 Å². The van der Waals surface area contributed by atoms with Gasteiger partial charge >= 0.3 is 0 Å². The van der Waals surface area contributed by atoms with Crippen molar-refractivity contribution in [2.45, 2.75) is 44.1 Å². The Balaban J connectivity index is 1.43. The van der Waals surface area contributed by atoms with Crippen LogP contribution in [0, 0.1) is 0 Å². The van der Waals surface area contributed by atoms with E-state index >= 15 is 0 Å². The lowest BCUT2D eigenvalue weighted by molar-refractivity contribution is -0.0395. The van der Waals surface area contributed by atoms with Crippen LogP contribution >= 0.6 is 0 Å². The number of aromatic nitrogens is 1. The minimum absolute atomic E-state index is 0.0829. The van der Waals surface area contributed by atoms with Crippen LogP contribution in [0.5, 0.6) is 0 Å². The quantitative estimate of drug-likeness (QED) is 0.763. The summed E-state index contributed by atoms with van der Waals surface area (Å²) in [6.07, 6.45) is 2.08. The van der Waals surface area contributed by atoms with Crippen LogP contribution in [0.25, 0.3) is 22.6 Å². The molecular formula is C20H22N2O3. The molecule has 0 radical (unpaired) electrons. The Morgan fingerprint density at radius 2 is 1.92 bits per heavy atom. The molecule has 3 unspecified atom stereocenters. The van der Waals surface area contributed by atoms with Crippen molar-refractivity contribution < 1.29 is 14.3 Å². The lowest BCUT2D eigenvalue weighted by atomic mass is 9.90. The van der Waals surface area contributed by atoms with Crippen molar-refractivity contribution in [1.82, 2.24) is 4.98 Å². The van der Waals surface area contributed by atoms with Gasteiger partial charge in [0.2, 0.25) is 5.89 Å². The van der Waals surface area contributed by atoms with E-state index in [1.807, 2.05) is 48.5 Å². The minimum Gasteiger partial charge on any atom is -0.436 e. The molecular weight excluding hydrogens is 316 g/mol. The lowest BCUT2D eigenvalue weighted by Gasteiger charge is -2.32. The fraction of sp³-hybridized carbons (Fsp3) is 0.350. The Hall–Kier alpha value is -2.21. The summed E-state index contributed by atoms with van der Waals surface area (Å²) in [7, 11) is 0. The highest BCUT2D eigenvalue weighted by molar-refractivity contribution is 5.75. The summed E-state index contributed by atoms with van der Waals surface area (Å²) in [5.74, 6) is 0.617. The number of fused-ring (bicyclic) bond motifs is 1. The number of nitrogens with zero attached hydrogens (tertiary/aromatic N) is 1. The molecule has 0 bridgehead atoms. The number of aliphatic hydroxyl groups is 1. The van der Waals surface area contributed by atoms with Crippen LogP contribution in [0.2, 0.25) is 0 Å². The number of ether oxygens (including phenoxy) is 1. The number of nitrogens with two attached hydrogens (primary N) is 1. The normalized spacial score (nSPS) is 23.8. The predicted octanol–water partition coefficient (Wildman–Crippen LogP) is 3.25. The summed E-state index contributed by atoms with van der Waals surface area (Å²) in [5, 5.41) is 9.85. The first-order valence-electron chi connectivity index (χ1n) is 8.71. The number of oxazole rings is 1. The summed E-state index contributed by atoms with van der Waals surface area (Å²) in [6, 6.07) is 15.4. The van der Waals surface area contributed by atoms with E-state index in [-0.39, 0.29) is 12.1 Å². The van der Waals surface area contributed by atoms with Crippen molar-refractivity contribution >= 4 is 11.1 Å². The number of hydrogen-bond acceptors (Lipinski definition) is 5. The Kier molecular flexibility index (Phi) is 4.53. The molecule has 0 amide bonds. The summed E-state index contributed by atoms with van der Waals surface area (Å²) in [6.45, 7) is 0.485. The first-order valence-corrected chi connectivity index (χ1v) is 8.71. The van der Waals surface area contributed by atoms with Gasteiger partial charge < -0.3 is 20.0 Å². The molecule has 130 valence electrons. The zero-order valence-electron chi connectivity index (χ0n) is 14.0. The predicted molar refractivity (Wildman–Crippen MR) is 95.9 cm³/mol. The molecule has 4 rings (SSSR count). The second kappa shape index (κ2) is 6.96. The van der Waals surface area contributed by atoms with Crippen LogP contribution in [-0.4, -0.2) is 28.3 Å². The fourth-order valence-electron chi connectivity index (χ4n) is 3.30. The average molecular weight is 338 g/mol. The molecule has 5 nitrogen and oxygen atoms in total. The number of aliphatic hydroxyl groups excluding tert-OH is 1. The molecule has 0 aliphatic heterocycles. The summed E-state index contributed by atoms with van der Waals surface area (Å²) in [4.78, 5) is 4.51. The van der Waals surface area contributed by atoms with Crippen molar-refractivity contribution in [2.75, 3.05) is 0 Å². The highest BCUT2D eigenvalue weighted by atomic mass is 16.5. The van der Waals surface area contributed by atoms with E-state index in [9.17, 15) is 5.11 Å². The highest BCUT2D eigenvalue weighted by Gasteiger charge is 2.29. The number of benzene rings is 2. The molecule has 0 saturated heterocycles. The molecule has 3 atom stereocenters. The van der Waals surface area contributed by atoms with Crippen molar-refractivity contribution in [3.63, 3.8) is 0 Å². The molecule has 2 aromatic carbocycles. The van der Waals surface area contributed by atoms with E-state index in [2.05, 4.69) is 4.98 Å². The standard InChI is InChI=1S/C20H22N2O3/c21-19-16(23)5-3-7-18(19)24-12-13-8-10-14(11-9-13)20-22-15-4-1-2-6-17(15)25-20/h1-2,4,6,8-11,16,18-19,23H,3,5,7,12,21H2. The Bertz CT molecular complexity index is 811. The van der Waals surface area contributed by atoms with Crippen molar-refractivity contribution in [1.29, 1.82) is 0 Å². The van der Waals surface area contributed by atoms with Gasteiger partial charge in [0.25, 0.3) is 0 Å². The maximum absolute atomic E-state index is 9.85.